The molecule has 2 N–H and O–H groups in total. The van der Waals surface area contributed by atoms with Crippen LogP contribution in [-0.4, -0.2) is 21.9 Å². The molecular formula is C15H17FN4O. The first kappa shape index (κ1) is 14.9. The van der Waals surface area contributed by atoms with Crippen LogP contribution in [0.3, 0.4) is 0 Å². The Morgan fingerprint density at radius 1 is 1.24 bits per heavy atom. The van der Waals surface area contributed by atoms with Crippen LogP contribution in [0.1, 0.15) is 29.9 Å². The maximum Gasteiger partial charge on any atom is 0.270 e. The molecule has 0 atom stereocenters. The first-order valence-corrected chi connectivity index (χ1v) is 6.66. The number of carbonyl (C=O) groups is 1. The van der Waals surface area contributed by atoms with E-state index in [1.54, 1.807) is 18.2 Å². The molecule has 2 rings (SSSR count). The number of halogens is 1. The van der Waals surface area contributed by atoms with Crippen molar-refractivity contribution in [2.75, 3.05) is 5.32 Å². The van der Waals surface area contributed by atoms with Crippen molar-refractivity contribution in [2.24, 2.45) is 0 Å². The highest BCUT2D eigenvalue weighted by molar-refractivity contribution is 5.92. The third-order valence-electron chi connectivity index (χ3n) is 2.70. The van der Waals surface area contributed by atoms with E-state index in [1.165, 1.54) is 18.5 Å². The summed E-state index contributed by atoms with van der Waals surface area (Å²) < 4.78 is 12.8. The summed E-state index contributed by atoms with van der Waals surface area (Å²) in [6, 6.07) is 7.78. The summed E-state index contributed by atoms with van der Waals surface area (Å²) in [6.07, 6.45) is 1.34. The Kier molecular flexibility index (Phi) is 4.81. The number of nitrogens with one attached hydrogen (secondary N) is 2. The summed E-state index contributed by atoms with van der Waals surface area (Å²) in [7, 11) is 0. The second kappa shape index (κ2) is 6.78. The van der Waals surface area contributed by atoms with Gasteiger partial charge in [0.05, 0.1) is 0 Å². The molecule has 0 aliphatic carbocycles. The van der Waals surface area contributed by atoms with Crippen molar-refractivity contribution in [1.82, 2.24) is 15.3 Å². The molecule has 0 radical (unpaired) electrons. The molecule has 1 heterocycles. The first-order valence-electron chi connectivity index (χ1n) is 6.66. The van der Waals surface area contributed by atoms with Crippen molar-refractivity contribution >= 4 is 11.7 Å². The maximum absolute atomic E-state index is 12.8. The van der Waals surface area contributed by atoms with Crippen LogP contribution in [0.5, 0.6) is 0 Å². The van der Waals surface area contributed by atoms with Gasteiger partial charge in [-0.2, -0.15) is 0 Å². The molecule has 0 saturated heterocycles. The third-order valence-corrected chi connectivity index (χ3v) is 2.70. The van der Waals surface area contributed by atoms with E-state index in [1.807, 2.05) is 13.8 Å². The Morgan fingerprint density at radius 3 is 2.62 bits per heavy atom. The number of aromatic nitrogens is 2. The van der Waals surface area contributed by atoms with E-state index in [0.717, 1.165) is 5.56 Å². The SMILES string of the molecule is CC(C)Nc1cc(C(=O)NCc2ccc(F)cc2)ncn1. The Morgan fingerprint density at radius 2 is 1.95 bits per heavy atom. The highest BCUT2D eigenvalue weighted by Gasteiger charge is 2.09. The number of carbonyl (C=O) groups excluding carboxylic acids is 1. The van der Waals surface area contributed by atoms with Crippen LogP contribution < -0.4 is 10.6 Å². The number of benzene rings is 1. The summed E-state index contributed by atoms with van der Waals surface area (Å²) in [6.45, 7) is 4.28. The van der Waals surface area contributed by atoms with Crippen LogP contribution in [-0.2, 0) is 6.54 Å². The van der Waals surface area contributed by atoms with Gasteiger partial charge < -0.3 is 10.6 Å². The number of hydrogen-bond donors (Lipinski definition) is 2. The largest absolute Gasteiger partial charge is 0.368 e. The Bertz CT molecular complexity index is 613. The standard InChI is InChI=1S/C15H17FN4O/c1-10(2)20-14-7-13(18-9-19-14)15(21)17-8-11-3-5-12(16)6-4-11/h3-7,9-10H,8H2,1-2H3,(H,17,21)(H,18,19,20). The monoisotopic (exact) mass is 288 g/mol. The lowest BCUT2D eigenvalue weighted by atomic mass is 10.2. The van der Waals surface area contributed by atoms with E-state index in [2.05, 4.69) is 20.6 Å². The van der Waals surface area contributed by atoms with Gasteiger partial charge >= 0.3 is 0 Å². The summed E-state index contributed by atoms with van der Waals surface area (Å²) in [5.41, 5.74) is 1.11. The molecule has 0 aliphatic heterocycles. The molecule has 0 unspecified atom stereocenters. The second-order valence-electron chi connectivity index (χ2n) is 4.90. The molecule has 0 bridgehead atoms. The van der Waals surface area contributed by atoms with E-state index in [-0.39, 0.29) is 23.5 Å². The molecule has 0 fully saturated rings. The lowest BCUT2D eigenvalue weighted by molar-refractivity contribution is 0.0946. The lowest BCUT2D eigenvalue weighted by Gasteiger charge is -2.09. The quantitative estimate of drug-likeness (QED) is 0.886. The number of amides is 1. The van der Waals surface area contributed by atoms with Crippen LogP contribution in [0, 0.1) is 5.82 Å². The Hall–Kier alpha value is -2.50. The topological polar surface area (TPSA) is 66.9 Å². The summed E-state index contributed by atoms with van der Waals surface area (Å²) in [5.74, 6) is 0.00532. The van der Waals surface area contributed by atoms with Gasteiger partial charge in [-0.3, -0.25) is 4.79 Å². The zero-order chi connectivity index (χ0) is 15.2. The molecule has 1 amide bonds. The zero-order valence-electron chi connectivity index (χ0n) is 11.9. The van der Waals surface area contributed by atoms with Crippen LogP contribution in [0.2, 0.25) is 0 Å². The van der Waals surface area contributed by atoms with E-state index in [9.17, 15) is 9.18 Å². The second-order valence-corrected chi connectivity index (χ2v) is 4.90. The summed E-state index contributed by atoms with van der Waals surface area (Å²) in [5, 5.41) is 5.84. The molecule has 6 heteroatoms. The van der Waals surface area contributed by atoms with Gasteiger partial charge in [0.1, 0.15) is 23.7 Å². The molecular weight excluding hydrogens is 271 g/mol. The van der Waals surface area contributed by atoms with Gasteiger partial charge in [0.25, 0.3) is 5.91 Å². The van der Waals surface area contributed by atoms with Crippen LogP contribution in [0.25, 0.3) is 0 Å². The molecule has 1 aromatic carbocycles. The minimum Gasteiger partial charge on any atom is -0.368 e. The van der Waals surface area contributed by atoms with Crippen molar-refractivity contribution in [3.05, 3.63) is 53.7 Å². The number of hydrogen-bond acceptors (Lipinski definition) is 4. The van der Waals surface area contributed by atoms with Crippen LogP contribution in [0.4, 0.5) is 10.2 Å². The van der Waals surface area contributed by atoms with Crippen molar-refractivity contribution in [2.45, 2.75) is 26.4 Å². The van der Waals surface area contributed by atoms with Gasteiger partial charge in [0.2, 0.25) is 0 Å². The van der Waals surface area contributed by atoms with E-state index in [4.69, 9.17) is 0 Å². The number of nitrogens with zero attached hydrogens (tertiary/aromatic N) is 2. The average Bonchev–Trinajstić information content (AvgIpc) is 2.46. The van der Waals surface area contributed by atoms with Gasteiger partial charge in [0, 0.05) is 18.7 Å². The van der Waals surface area contributed by atoms with Crippen LogP contribution in [0.15, 0.2) is 36.7 Å². The maximum atomic E-state index is 12.8. The van der Waals surface area contributed by atoms with Gasteiger partial charge in [0.15, 0.2) is 0 Å². The highest BCUT2D eigenvalue weighted by Crippen LogP contribution is 2.06. The van der Waals surface area contributed by atoms with Crippen molar-refractivity contribution in [3.63, 3.8) is 0 Å². The molecule has 5 nitrogen and oxygen atoms in total. The molecule has 0 saturated carbocycles. The first-order chi connectivity index (χ1) is 10.0. The number of anilines is 1. The lowest BCUT2D eigenvalue weighted by Crippen LogP contribution is -2.24. The average molecular weight is 288 g/mol. The van der Waals surface area contributed by atoms with Gasteiger partial charge in [-0.15, -0.1) is 0 Å². The molecule has 21 heavy (non-hydrogen) atoms. The third kappa shape index (κ3) is 4.52. The Balaban J connectivity index is 1.98. The predicted molar refractivity (Wildman–Crippen MR) is 78.4 cm³/mol. The molecule has 1 aromatic heterocycles. The van der Waals surface area contributed by atoms with Crippen molar-refractivity contribution < 1.29 is 9.18 Å². The van der Waals surface area contributed by atoms with Gasteiger partial charge in [-0.1, -0.05) is 12.1 Å². The molecule has 0 aliphatic rings. The fourth-order valence-corrected chi connectivity index (χ4v) is 1.73. The number of rotatable bonds is 5. The molecule has 110 valence electrons. The minimum absolute atomic E-state index is 0.218. The van der Waals surface area contributed by atoms with Crippen LogP contribution >= 0.6 is 0 Å². The van der Waals surface area contributed by atoms with Gasteiger partial charge in [-0.05, 0) is 31.5 Å². The van der Waals surface area contributed by atoms with E-state index in [0.29, 0.717) is 12.4 Å². The van der Waals surface area contributed by atoms with Gasteiger partial charge in [-0.25, -0.2) is 14.4 Å². The fraction of sp³-hybridized carbons (Fsp3) is 0.267. The van der Waals surface area contributed by atoms with Crippen molar-refractivity contribution in [1.29, 1.82) is 0 Å². The summed E-state index contributed by atoms with van der Waals surface area (Å²) >= 11 is 0. The summed E-state index contributed by atoms with van der Waals surface area (Å²) in [4.78, 5) is 20.0. The highest BCUT2D eigenvalue weighted by atomic mass is 19.1. The smallest absolute Gasteiger partial charge is 0.270 e. The fourth-order valence-electron chi connectivity index (χ4n) is 1.73. The zero-order valence-corrected chi connectivity index (χ0v) is 11.9. The van der Waals surface area contributed by atoms with E-state index >= 15 is 0 Å². The van der Waals surface area contributed by atoms with E-state index < -0.39 is 0 Å². The van der Waals surface area contributed by atoms with Crippen molar-refractivity contribution in [3.8, 4) is 0 Å². The molecule has 2 aromatic rings. The Labute approximate surface area is 122 Å². The predicted octanol–water partition coefficient (Wildman–Crippen LogP) is 2.37. The minimum atomic E-state index is -0.301. The molecule has 0 spiro atoms. The normalized spacial score (nSPS) is 10.5.